The third kappa shape index (κ3) is 2.76. The molecule has 64 valence electrons. The van der Waals surface area contributed by atoms with Crippen molar-refractivity contribution in [2.75, 3.05) is 0 Å². The molecule has 1 aliphatic rings. The average Bonchev–Trinajstić information content (AvgIpc) is 1.85. The molecule has 0 radical (unpaired) electrons. The molecule has 0 aliphatic heterocycles. The molecule has 1 rings (SSSR count). The number of amides is 1. The summed E-state index contributed by atoms with van der Waals surface area (Å²) in [5, 5.41) is 10.8. The summed E-state index contributed by atoms with van der Waals surface area (Å²) in [4.78, 5) is 10.2. The maximum absolute atomic E-state index is 10.2. The molecule has 1 aliphatic carbocycles. The zero-order chi connectivity index (χ0) is 8.27. The maximum atomic E-state index is 10.2. The van der Waals surface area contributed by atoms with Gasteiger partial charge in [-0.25, -0.2) is 4.79 Å². The van der Waals surface area contributed by atoms with Crippen molar-refractivity contribution in [3.8, 4) is 0 Å². The van der Waals surface area contributed by atoms with Crippen molar-refractivity contribution in [2.45, 2.75) is 37.8 Å². The van der Waals surface area contributed by atoms with E-state index < -0.39 is 6.09 Å². The fraction of sp³-hybridized carbons (Fsp3) is 0.857. The Morgan fingerprint density at radius 2 is 2.27 bits per heavy atom. The van der Waals surface area contributed by atoms with Gasteiger partial charge >= 0.3 is 6.09 Å². The number of nitrogens with one attached hydrogen (secondary N) is 1. The van der Waals surface area contributed by atoms with Crippen LogP contribution >= 0.6 is 0 Å². The Bertz CT molecular complexity index is 149. The molecule has 0 heterocycles. The fourth-order valence-electron chi connectivity index (χ4n) is 1.53. The Balaban J connectivity index is 2.28. The fourth-order valence-corrected chi connectivity index (χ4v) is 1.53. The Morgan fingerprint density at radius 1 is 1.55 bits per heavy atom. The number of hydrogen-bond acceptors (Lipinski definition) is 2. The topological polar surface area (TPSA) is 75.3 Å². The highest BCUT2D eigenvalue weighted by Crippen LogP contribution is 2.16. The molecule has 0 aromatic carbocycles. The molecule has 0 unspecified atom stereocenters. The van der Waals surface area contributed by atoms with Crippen molar-refractivity contribution >= 4 is 6.09 Å². The second kappa shape index (κ2) is 3.57. The highest BCUT2D eigenvalue weighted by atomic mass is 16.4. The van der Waals surface area contributed by atoms with E-state index in [-0.39, 0.29) is 12.1 Å². The first-order valence-electron chi connectivity index (χ1n) is 3.93. The smallest absolute Gasteiger partial charge is 0.404 e. The zero-order valence-electron chi connectivity index (χ0n) is 6.42. The molecular weight excluding hydrogens is 144 g/mol. The highest BCUT2D eigenvalue weighted by Gasteiger charge is 2.19. The van der Waals surface area contributed by atoms with Crippen LogP contribution in [-0.2, 0) is 0 Å². The first kappa shape index (κ1) is 8.33. The number of nitrogens with two attached hydrogens (primary N) is 1. The standard InChI is InChI=1S/C7H14N2O2/c8-5-2-1-3-6(4-5)9-7(10)11/h5-6,9H,1-4,8H2,(H,10,11)/t5-,6-/m1/s1. The lowest BCUT2D eigenvalue weighted by Crippen LogP contribution is -2.41. The van der Waals surface area contributed by atoms with Gasteiger partial charge in [0.25, 0.3) is 0 Å². The molecule has 1 fully saturated rings. The van der Waals surface area contributed by atoms with Crippen LogP contribution in [0.2, 0.25) is 0 Å². The molecule has 2 atom stereocenters. The number of carbonyl (C=O) groups is 1. The third-order valence-corrected chi connectivity index (χ3v) is 2.04. The Morgan fingerprint density at radius 3 is 2.82 bits per heavy atom. The lowest BCUT2D eigenvalue weighted by molar-refractivity contribution is 0.184. The lowest BCUT2D eigenvalue weighted by atomic mass is 9.92. The molecule has 1 saturated carbocycles. The SMILES string of the molecule is N[C@@H]1CCC[C@@H](NC(=O)O)C1. The van der Waals surface area contributed by atoms with Crippen molar-refractivity contribution in [3.63, 3.8) is 0 Å². The van der Waals surface area contributed by atoms with Gasteiger partial charge in [-0.1, -0.05) is 0 Å². The zero-order valence-corrected chi connectivity index (χ0v) is 6.42. The van der Waals surface area contributed by atoms with Gasteiger partial charge in [-0.2, -0.15) is 0 Å². The Kier molecular flexibility index (Phi) is 2.70. The van der Waals surface area contributed by atoms with Crippen LogP contribution in [0.25, 0.3) is 0 Å². The van der Waals surface area contributed by atoms with Crippen LogP contribution in [0.15, 0.2) is 0 Å². The van der Waals surface area contributed by atoms with Gasteiger partial charge in [-0.05, 0) is 25.7 Å². The second-order valence-corrected chi connectivity index (χ2v) is 3.07. The molecule has 4 heteroatoms. The summed E-state index contributed by atoms with van der Waals surface area (Å²) < 4.78 is 0. The van der Waals surface area contributed by atoms with E-state index in [0.717, 1.165) is 25.7 Å². The first-order valence-corrected chi connectivity index (χ1v) is 3.93. The van der Waals surface area contributed by atoms with Crippen molar-refractivity contribution in [2.24, 2.45) is 5.73 Å². The van der Waals surface area contributed by atoms with Crippen LogP contribution in [0.5, 0.6) is 0 Å². The average molecular weight is 158 g/mol. The van der Waals surface area contributed by atoms with E-state index in [0.29, 0.717) is 0 Å². The maximum Gasteiger partial charge on any atom is 0.404 e. The van der Waals surface area contributed by atoms with Crippen molar-refractivity contribution < 1.29 is 9.90 Å². The predicted molar refractivity (Wildman–Crippen MR) is 41.4 cm³/mol. The summed E-state index contributed by atoms with van der Waals surface area (Å²) in [6, 6.07) is 0.261. The molecule has 0 saturated heterocycles. The summed E-state index contributed by atoms with van der Waals surface area (Å²) in [6.45, 7) is 0. The molecule has 1 amide bonds. The molecule has 0 spiro atoms. The van der Waals surface area contributed by atoms with E-state index in [2.05, 4.69) is 5.32 Å². The van der Waals surface area contributed by atoms with E-state index in [4.69, 9.17) is 10.8 Å². The van der Waals surface area contributed by atoms with Crippen LogP contribution in [-0.4, -0.2) is 23.3 Å². The van der Waals surface area contributed by atoms with Gasteiger partial charge in [-0.15, -0.1) is 0 Å². The van der Waals surface area contributed by atoms with E-state index in [1.807, 2.05) is 0 Å². The van der Waals surface area contributed by atoms with Crippen LogP contribution in [0.1, 0.15) is 25.7 Å². The van der Waals surface area contributed by atoms with E-state index in [1.165, 1.54) is 0 Å². The van der Waals surface area contributed by atoms with E-state index in [9.17, 15) is 4.79 Å². The van der Waals surface area contributed by atoms with Gasteiger partial charge in [0.1, 0.15) is 0 Å². The molecule has 11 heavy (non-hydrogen) atoms. The van der Waals surface area contributed by atoms with Crippen molar-refractivity contribution in [1.82, 2.24) is 5.32 Å². The highest BCUT2D eigenvalue weighted by molar-refractivity contribution is 5.64. The first-order chi connectivity index (χ1) is 5.18. The lowest BCUT2D eigenvalue weighted by Gasteiger charge is -2.26. The predicted octanol–water partition coefficient (Wildman–Crippen LogP) is 0.524. The Labute approximate surface area is 65.8 Å². The molecule has 4 nitrogen and oxygen atoms in total. The minimum atomic E-state index is -0.941. The van der Waals surface area contributed by atoms with Gasteiger partial charge in [-0.3, -0.25) is 0 Å². The molecule has 4 N–H and O–H groups in total. The second-order valence-electron chi connectivity index (χ2n) is 3.07. The Hall–Kier alpha value is -0.770. The van der Waals surface area contributed by atoms with Gasteiger partial charge in [0.05, 0.1) is 0 Å². The molecular formula is C7H14N2O2. The van der Waals surface area contributed by atoms with Gasteiger partial charge < -0.3 is 16.2 Å². The summed E-state index contributed by atoms with van der Waals surface area (Å²) >= 11 is 0. The molecule has 0 bridgehead atoms. The molecule has 0 aromatic rings. The van der Waals surface area contributed by atoms with Crippen LogP contribution in [0.3, 0.4) is 0 Å². The number of hydrogen-bond donors (Lipinski definition) is 3. The molecule has 0 aromatic heterocycles. The third-order valence-electron chi connectivity index (χ3n) is 2.04. The summed E-state index contributed by atoms with van der Waals surface area (Å²) in [5.41, 5.74) is 5.67. The summed E-state index contributed by atoms with van der Waals surface area (Å²) in [6.07, 6.45) is 2.83. The largest absolute Gasteiger partial charge is 0.465 e. The van der Waals surface area contributed by atoms with E-state index >= 15 is 0 Å². The van der Waals surface area contributed by atoms with Crippen molar-refractivity contribution in [1.29, 1.82) is 0 Å². The minimum absolute atomic E-state index is 0.0799. The normalized spacial score (nSPS) is 31.4. The van der Waals surface area contributed by atoms with Gasteiger partial charge in [0.15, 0.2) is 0 Å². The number of carboxylic acid groups (broad SMARTS) is 1. The van der Waals surface area contributed by atoms with Crippen LogP contribution < -0.4 is 11.1 Å². The number of rotatable bonds is 1. The van der Waals surface area contributed by atoms with Gasteiger partial charge in [0.2, 0.25) is 0 Å². The summed E-state index contributed by atoms with van der Waals surface area (Å²) in [5.74, 6) is 0. The van der Waals surface area contributed by atoms with E-state index in [1.54, 1.807) is 0 Å². The van der Waals surface area contributed by atoms with Crippen molar-refractivity contribution in [3.05, 3.63) is 0 Å². The van der Waals surface area contributed by atoms with Crippen LogP contribution in [0.4, 0.5) is 4.79 Å². The summed E-state index contributed by atoms with van der Waals surface area (Å²) in [7, 11) is 0. The minimum Gasteiger partial charge on any atom is -0.465 e. The van der Waals surface area contributed by atoms with Crippen LogP contribution in [0, 0.1) is 0 Å². The quantitative estimate of drug-likeness (QED) is 0.521. The van der Waals surface area contributed by atoms with Gasteiger partial charge in [0, 0.05) is 12.1 Å². The monoisotopic (exact) mass is 158 g/mol.